The van der Waals surface area contributed by atoms with E-state index < -0.39 is 0 Å². The monoisotopic (exact) mass is 245 g/mol. The predicted octanol–water partition coefficient (Wildman–Crippen LogP) is 3.56. The zero-order valence-corrected chi connectivity index (χ0v) is 10.9. The number of rotatable bonds is 4. The van der Waals surface area contributed by atoms with E-state index in [1.165, 1.54) is 16.7 Å². The number of aldehydes is 1. The van der Waals surface area contributed by atoms with Crippen molar-refractivity contribution >= 4 is 17.6 Å². The largest absolute Gasteiger partial charge is 0.303 e. The van der Waals surface area contributed by atoms with Crippen molar-refractivity contribution in [3.05, 3.63) is 39.7 Å². The van der Waals surface area contributed by atoms with Crippen LogP contribution in [0, 0.1) is 13.8 Å². The van der Waals surface area contributed by atoms with Crippen molar-refractivity contribution in [1.29, 1.82) is 0 Å². The summed E-state index contributed by atoms with van der Waals surface area (Å²) in [5.41, 5.74) is 4.72. The molecule has 1 heterocycles. The zero-order chi connectivity index (χ0) is 12.3. The predicted molar refractivity (Wildman–Crippen MR) is 71.4 cm³/mol. The summed E-state index contributed by atoms with van der Waals surface area (Å²) in [6.07, 6.45) is 2.25. The average Bonchev–Trinajstić information content (AvgIpc) is 2.75. The van der Waals surface area contributed by atoms with Gasteiger partial charge in [0.15, 0.2) is 0 Å². The lowest BCUT2D eigenvalue weighted by Crippen LogP contribution is -1.87. The van der Waals surface area contributed by atoms with Crippen molar-refractivity contribution in [2.45, 2.75) is 26.7 Å². The zero-order valence-electron chi connectivity index (χ0n) is 10.1. The summed E-state index contributed by atoms with van der Waals surface area (Å²) >= 11 is 1.63. The Labute approximate surface area is 105 Å². The van der Waals surface area contributed by atoms with E-state index in [-0.39, 0.29) is 0 Å². The molecule has 0 fully saturated rings. The molecule has 0 aliphatic heterocycles. The van der Waals surface area contributed by atoms with Gasteiger partial charge in [0.25, 0.3) is 0 Å². The van der Waals surface area contributed by atoms with Crippen molar-refractivity contribution in [3.63, 3.8) is 0 Å². The highest BCUT2D eigenvalue weighted by Crippen LogP contribution is 2.26. The Kier molecular flexibility index (Phi) is 3.69. The van der Waals surface area contributed by atoms with Crippen LogP contribution in [0.2, 0.25) is 0 Å². The number of carbonyl (C=O) groups excluding carboxylic acids is 1. The van der Waals surface area contributed by atoms with Crippen LogP contribution in [0.5, 0.6) is 0 Å². The second-order valence-electron chi connectivity index (χ2n) is 4.15. The molecule has 0 unspecified atom stereocenters. The summed E-state index contributed by atoms with van der Waals surface area (Å²) in [4.78, 5) is 14.9. The molecule has 0 radical (unpaired) electrons. The fraction of sp³-hybridized carbons (Fsp3) is 0.286. The number of carbonyl (C=O) groups is 1. The summed E-state index contributed by atoms with van der Waals surface area (Å²) in [6, 6.07) is 6.38. The number of hydrogen-bond donors (Lipinski definition) is 0. The SMILES string of the molecule is Cc1ccc(-c2csc(CCC=O)n2)c(C)c1. The standard InChI is InChI=1S/C14H15NOS/c1-10-5-6-12(11(2)8-10)13-9-17-14(15-13)4-3-7-16/h5-9H,3-4H2,1-2H3. The van der Waals surface area contributed by atoms with Crippen LogP contribution in [0.15, 0.2) is 23.6 Å². The third-order valence-corrected chi connectivity index (χ3v) is 3.59. The smallest absolute Gasteiger partial charge is 0.120 e. The minimum Gasteiger partial charge on any atom is -0.303 e. The molecule has 1 aromatic heterocycles. The Balaban J connectivity index is 2.27. The van der Waals surface area contributed by atoms with Crippen molar-refractivity contribution < 1.29 is 4.79 Å². The molecule has 0 bridgehead atoms. The lowest BCUT2D eigenvalue weighted by Gasteiger charge is -2.03. The van der Waals surface area contributed by atoms with E-state index in [2.05, 4.69) is 42.4 Å². The van der Waals surface area contributed by atoms with Gasteiger partial charge in [0.1, 0.15) is 6.29 Å². The number of nitrogens with zero attached hydrogens (tertiary/aromatic N) is 1. The van der Waals surface area contributed by atoms with Crippen LogP contribution in [0.25, 0.3) is 11.3 Å². The molecule has 0 saturated carbocycles. The third kappa shape index (κ3) is 2.80. The molecule has 0 spiro atoms. The Morgan fingerprint density at radius 2 is 2.18 bits per heavy atom. The topological polar surface area (TPSA) is 30.0 Å². The molecule has 2 nitrogen and oxygen atoms in total. The summed E-state index contributed by atoms with van der Waals surface area (Å²) in [5.74, 6) is 0. The van der Waals surface area contributed by atoms with Gasteiger partial charge >= 0.3 is 0 Å². The van der Waals surface area contributed by atoms with E-state index in [1.807, 2.05) is 0 Å². The van der Waals surface area contributed by atoms with Crippen LogP contribution in [0.4, 0.5) is 0 Å². The first kappa shape index (κ1) is 12.0. The third-order valence-electron chi connectivity index (χ3n) is 2.69. The normalized spacial score (nSPS) is 10.5. The van der Waals surface area contributed by atoms with Gasteiger partial charge in [-0.15, -0.1) is 11.3 Å². The van der Waals surface area contributed by atoms with Crippen molar-refractivity contribution in [1.82, 2.24) is 4.98 Å². The number of hydrogen-bond acceptors (Lipinski definition) is 3. The number of benzene rings is 1. The number of aryl methyl sites for hydroxylation is 3. The Hall–Kier alpha value is -1.48. The van der Waals surface area contributed by atoms with E-state index >= 15 is 0 Å². The molecule has 0 N–H and O–H groups in total. The fourth-order valence-corrected chi connectivity index (χ4v) is 2.65. The highest BCUT2D eigenvalue weighted by molar-refractivity contribution is 7.09. The molecule has 3 heteroatoms. The highest BCUT2D eigenvalue weighted by Gasteiger charge is 2.06. The number of thiazole rings is 1. The second kappa shape index (κ2) is 5.23. The first-order valence-electron chi connectivity index (χ1n) is 5.66. The van der Waals surface area contributed by atoms with Gasteiger partial charge in [-0.1, -0.05) is 23.8 Å². The van der Waals surface area contributed by atoms with Crippen molar-refractivity contribution in [3.8, 4) is 11.3 Å². The first-order chi connectivity index (χ1) is 8.20. The summed E-state index contributed by atoms with van der Waals surface area (Å²) in [6.45, 7) is 4.19. The summed E-state index contributed by atoms with van der Waals surface area (Å²) < 4.78 is 0. The van der Waals surface area contributed by atoms with Crippen LogP contribution in [-0.4, -0.2) is 11.3 Å². The van der Waals surface area contributed by atoms with E-state index in [0.717, 1.165) is 23.4 Å². The molecule has 0 aliphatic rings. The highest BCUT2D eigenvalue weighted by atomic mass is 32.1. The van der Waals surface area contributed by atoms with Gasteiger partial charge in [0.2, 0.25) is 0 Å². The van der Waals surface area contributed by atoms with E-state index in [1.54, 1.807) is 11.3 Å². The molecule has 0 aliphatic carbocycles. The molecule has 2 rings (SSSR count). The molecule has 17 heavy (non-hydrogen) atoms. The number of aromatic nitrogens is 1. The van der Waals surface area contributed by atoms with Gasteiger partial charge in [0, 0.05) is 23.8 Å². The minimum absolute atomic E-state index is 0.555. The Morgan fingerprint density at radius 3 is 2.88 bits per heavy atom. The Morgan fingerprint density at radius 1 is 1.35 bits per heavy atom. The first-order valence-corrected chi connectivity index (χ1v) is 6.54. The van der Waals surface area contributed by atoms with Crippen molar-refractivity contribution in [2.75, 3.05) is 0 Å². The van der Waals surface area contributed by atoms with E-state index in [9.17, 15) is 4.79 Å². The maximum Gasteiger partial charge on any atom is 0.120 e. The van der Waals surface area contributed by atoms with E-state index in [0.29, 0.717) is 6.42 Å². The van der Waals surface area contributed by atoms with Crippen molar-refractivity contribution in [2.24, 2.45) is 0 Å². The average molecular weight is 245 g/mol. The van der Waals surface area contributed by atoms with Gasteiger partial charge in [-0.2, -0.15) is 0 Å². The second-order valence-corrected chi connectivity index (χ2v) is 5.09. The lowest BCUT2D eigenvalue weighted by molar-refractivity contribution is -0.107. The quantitative estimate of drug-likeness (QED) is 0.771. The molecule has 88 valence electrons. The fourth-order valence-electron chi connectivity index (χ4n) is 1.83. The van der Waals surface area contributed by atoms with Crippen LogP contribution in [0.3, 0.4) is 0 Å². The molecular formula is C14H15NOS. The molecular weight excluding hydrogens is 230 g/mol. The molecule has 0 amide bonds. The minimum atomic E-state index is 0.555. The van der Waals surface area contributed by atoms with E-state index in [4.69, 9.17) is 0 Å². The van der Waals surface area contributed by atoms with Gasteiger partial charge in [0.05, 0.1) is 10.7 Å². The molecule has 0 atom stereocenters. The molecule has 1 aromatic carbocycles. The summed E-state index contributed by atoms with van der Waals surface area (Å²) in [7, 11) is 0. The van der Waals surface area contributed by atoms with Crippen LogP contribution < -0.4 is 0 Å². The summed E-state index contributed by atoms with van der Waals surface area (Å²) in [5, 5.41) is 3.10. The van der Waals surface area contributed by atoms with Crippen LogP contribution in [0.1, 0.15) is 22.6 Å². The molecule has 0 saturated heterocycles. The van der Waals surface area contributed by atoms with Gasteiger partial charge in [-0.05, 0) is 19.4 Å². The van der Waals surface area contributed by atoms with Gasteiger partial charge in [-0.3, -0.25) is 0 Å². The lowest BCUT2D eigenvalue weighted by atomic mass is 10.0. The van der Waals surface area contributed by atoms with Gasteiger partial charge in [-0.25, -0.2) is 4.98 Å². The van der Waals surface area contributed by atoms with Gasteiger partial charge < -0.3 is 4.79 Å². The maximum absolute atomic E-state index is 10.3. The van der Waals surface area contributed by atoms with Crippen LogP contribution >= 0.6 is 11.3 Å². The molecule has 2 aromatic rings. The Bertz CT molecular complexity index is 531. The van der Waals surface area contributed by atoms with Crippen LogP contribution in [-0.2, 0) is 11.2 Å². The maximum atomic E-state index is 10.3.